The van der Waals surface area contributed by atoms with Gasteiger partial charge in [0.2, 0.25) is 11.9 Å². The topological polar surface area (TPSA) is 85.8 Å². The maximum absolute atomic E-state index is 11.5. The molecule has 3 N–H and O–H groups in total. The van der Waals surface area contributed by atoms with Gasteiger partial charge in [-0.05, 0) is 6.07 Å². The average Bonchev–Trinajstić information content (AvgIpc) is 3.01. The molecule has 0 aliphatic carbocycles. The van der Waals surface area contributed by atoms with E-state index >= 15 is 0 Å². The van der Waals surface area contributed by atoms with E-state index < -0.39 is 0 Å². The Morgan fingerprint density at radius 1 is 1.30 bits per heavy atom. The second kappa shape index (κ2) is 3.93. The number of nitrogen functional groups attached to an aromatic ring is 1. The van der Waals surface area contributed by atoms with Crippen LogP contribution < -0.4 is 11.1 Å². The van der Waals surface area contributed by atoms with Crippen molar-refractivity contribution in [2.75, 3.05) is 12.3 Å². The Morgan fingerprint density at radius 3 is 2.95 bits per heavy atom. The van der Waals surface area contributed by atoms with Gasteiger partial charge in [-0.1, -0.05) is 18.2 Å². The first-order valence-corrected chi connectivity index (χ1v) is 6.52. The number of aromatic nitrogens is 3. The Hall–Kier alpha value is -2.63. The summed E-state index contributed by atoms with van der Waals surface area (Å²) >= 11 is 0. The first-order valence-electron chi connectivity index (χ1n) is 6.52. The molecule has 1 aliphatic rings. The number of nitrogens with zero attached hydrogens (tertiary/aromatic N) is 3. The normalized spacial score (nSPS) is 18.8. The number of amides is 1. The molecule has 4 rings (SSSR count). The lowest BCUT2D eigenvalue weighted by Crippen LogP contribution is -2.16. The number of benzene rings is 1. The van der Waals surface area contributed by atoms with Crippen LogP contribution in [0.25, 0.3) is 21.9 Å². The molecule has 20 heavy (non-hydrogen) atoms. The Balaban J connectivity index is 2.06. The molecule has 1 aliphatic heterocycles. The monoisotopic (exact) mass is 267 g/mol. The fraction of sp³-hybridized carbons (Fsp3) is 0.214. The van der Waals surface area contributed by atoms with Crippen LogP contribution in [-0.2, 0) is 4.79 Å². The van der Waals surface area contributed by atoms with Gasteiger partial charge >= 0.3 is 0 Å². The van der Waals surface area contributed by atoms with Gasteiger partial charge in [-0.3, -0.25) is 9.78 Å². The van der Waals surface area contributed by atoms with Crippen molar-refractivity contribution < 1.29 is 4.79 Å². The van der Waals surface area contributed by atoms with E-state index in [1.807, 2.05) is 28.8 Å². The highest BCUT2D eigenvalue weighted by atomic mass is 16.1. The first kappa shape index (κ1) is 11.2. The molecule has 1 aromatic carbocycles. The lowest BCUT2D eigenvalue weighted by atomic mass is 10.1. The zero-order valence-electron chi connectivity index (χ0n) is 10.7. The lowest BCUT2D eigenvalue weighted by Gasteiger charge is -2.13. The molecule has 1 saturated heterocycles. The molecule has 1 fully saturated rings. The molecule has 1 amide bonds. The van der Waals surface area contributed by atoms with E-state index in [9.17, 15) is 4.79 Å². The number of carbonyl (C=O) groups excluding carboxylic acids is 1. The summed E-state index contributed by atoms with van der Waals surface area (Å²) in [6.45, 7) is 0.588. The quantitative estimate of drug-likeness (QED) is 0.694. The predicted molar refractivity (Wildman–Crippen MR) is 76.1 cm³/mol. The summed E-state index contributed by atoms with van der Waals surface area (Å²) in [6, 6.07) is 7.90. The van der Waals surface area contributed by atoms with Gasteiger partial charge in [0.25, 0.3) is 0 Å². The number of hydrogen-bond donors (Lipinski definition) is 2. The number of pyridine rings is 1. The van der Waals surface area contributed by atoms with Crippen molar-refractivity contribution in [3.05, 3.63) is 30.5 Å². The van der Waals surface area contributed by atoms with E-state index in [1.165, 1.54) is 0 Å². The van der Waals surface area contributed by atoms with E-state index in [-0.39, 0.29) is 11.9 Å². The number of fused-ring (bicyclic) bond motifs is 3. The van der Waals surface area contributed by atoms with Crippen molar-refractivity contribution in [3.63, 3.8) is 0 Å². The largest absolute Gasteiger partial charge is 0.369 e. The Bertz CT molecular complexity index is 838. The van der Waals surface area contributed by atoms with Crippen LogP contribution in [0.1, 0.15) is 12.5 Å². The van der Waals surface area contributed by atoms with Crippen LogP contribution in [-0.4, -0.2) is 27.0 Å². The molecule has 6 nitrogen and oxygen atoms in total. The number of imidazole rings is 1. The van der Waals surface area contributed by atoms with Gasteiger partial charge in [0.05, 0.1) is 23.3 Å². The number of nitrogens with one attached hydrogen (secondary N) is 1. The summed E-state index contributed by atoms with van der Waals surface area (Å²) in [6.07, 6.45) is 2.17. The highest BCUT2D eigenvalue weighted by molar-refractivity contribution is 6.03. The molecule has 0 spiro atoms. The Labute approximate surface area is 114 Å². The molecule has 0 bridgehead atoms. The molecule has 2 aromatic heterocycles. The van der Waals surface area contributed by atoms with Crippen LogP contribution >= 0.6 is 0 Å². The van der Waals surface area contributed by atoms with Gasteiger partial charge in [0, 0.05) is 18.4 Å². The molecule has 0 saturated carbocycles. The van der Waals surface area contributed by atoms with Crippen molar-refractivity contribution >= 4 is 33.8 Å². The molecule has 3 heterocycles. The number of nitrogens with two attached hydrogens (primary N) is 1. The zero-order valence-corrected chi connectivity index (χ0v) is 10.7. The SMILES string of the molecule is Nc1nc2cnc3ccccc3c2n1C1CNC(=O)C1. The average molecular weight is 267 g/mol. The summed E-state index contributed by atoms with van der Waals surface area (Å²) in [4.78, 5) is 20.2. The fourth-order valence-electron chi connectivity index (χ4n) is 2.89. The standard InChI is InChI=1S/C14H13N5O/c15-14-18-11-7-16-10-4-2-1-3-9(10)13(11)19(14)8-5-12(20)17-6-8/h1-4,7-8H,5-6H2,(H2,15,18)(H,17,20). The third-order valence-electron chi connectivity index (χ3n) is 3.77. The van der Waals surface area contributed by atoms with Gasteiger partial charge in [0.1, 0.15) is 5.52 Å². The number of para-hydroxylation sites is 1. The molecule has 0 radical (unpaired) electrons. The lowest BCUT2D eigenvalue weighted by molar-refractivity contribution is -0.119. The van der Waals surface area contributed by atoms with Crippen LogP contribution in [0.15, 0.2) is 30.5 Å². The van der Waals surface area contributed by atoms with Gasteiger partial charge < -0.3 is 15.6 Å². The summed E-state index contributed by atoms with van der Waals surface area (Å²) in [7, 11) is 0. The van der Waals surface area contributed by atoms with Gasteiger partial charge in [0.15, 0.2) is 0 Å². The van der Waals surface area contributed by atoms with Crippen molar-refractivity contribution in [2.24, 2.45) is 0 Å². The number of rotatable bonds is 1. The third-order valence-corrected chi connectivity index (χ3v) is 3.77. The molecular weight excluding hydrogens is 254 g/mol. The number of hydrogen-bond acceptors (Lipinski definition) is 4. The van der Waals surface area contributed by atoms with E-state index in [0.717, 1.165) is 21.9 Å². The first-order chi connectivity index (χ1) is 9.74. The molecule has 1 unspecified atom stereocenters. The predicted octanol–water partition coefficient (Wildman–Crippen LogP) is 1.23. The van der Waals surface area contributed by atoms with E-state index in [2.05, 4.69) is 15.3 Å². The van der Waals surface area contributed by atoms with Crippen LogP contribution in [0.5, 0.6) is 0 Å². The van der Waals surface area contributed by atoms with Crippen molar-refractivity contribution in [1.82, 2.24) is 19.9 Å². The third kappa shape index (κ3) is 1.48. The number of anilines is 1. The fourth-order valence-corrected chi connectivity index (χ4v) is 2.89. The minimum absolute atomic E-state index is 0.0123. The summed E-state index contributed by atoms with van der Waals surface area (Å²) in [5, 5.41) is 3.85. The van der Waals surface area contributed by atoms with Crippen LogP contribution in [0.4, 0.5) is 5.95 Å². The summed E-state index contributed by atoms with van der Waals surface area (Å²) < 4.78 is 1.96. The van der Waals surface area contributed by atoms with Crippen molar-refractivity contribution in [1.29, 1.82) is 0 Å². The van der Waals surface area contributed by atoms with Crippen molar-refractivity contribution in [2.45, 2.75) is 12.5 Å². The second-order valence-electron chi connectivity index (χ2n) is 5.01. The summed E-state index contributed by atoms with van der Waals surface area (Å²) in [5.41, 5.74) is 8.67. The molecule has 1 atom stereocenters. The highest BCUT2D eigenvalue weighted by Crippen LogP contribution is 2.30. The Morgan fingerprint density at radius 2 is 2.15 bits per heavy atom. The molecule has 100 valence electrons. The van der Waals surface area contributed by atoms with Gasteiger partial charge in [-0.25, -0.2) is 4.98 Å². The molecule has 6 heteroatoms. The van der Waals surface area contributed by atoms with E-state index in [4.69, 9.17) is 5.73 Å². The van der Waals surface area contributed by atoms with Crippen molar-refractivity contribution in [3.8, 4) is 0 Å². The smallest absolute Gasteiger partial charge is 0.222 e. The van der Waals surface area contributed by atoms with Crippen LogP contribution in [0, 0.1) is 0 Å². The Kier molecular flexibility index (Phi) is 2.20. The zero-order chi connectivity index (χ0) is 13.7. The minimum atomic E-state index is 0.0123. The van der Waals surface area contributed by atoms with Gasteiger partial charge in [-0.2, -0.15) is 0 Å². The highest BCUT2D eigenvalue weighted by Gasteiger charge is 2.27. The number of carbonyl (C=O) groups is 1. The maximum atomic E-state index is 11.5. The van der Waals surface area contributed by atoms with Gasteiger partial charge in [-0.15, -0.1) is 0 Å². The van der Waals surface area contributed by atoms with Crippen LogP contribution in [0.3, 0.4) is 0 Å². The van der Waals surface area contributed by atoms with E-state index in [0.29, 0.717) is 18.9 Å². The maximum Gasteiger partial charge on any atom is 0.222 e. The second-order valence-corrected chi connectivity index (χ2v) is 5.01. The van der Waals surface area contributed by atoms with Crippen LogP contribution in [0.2, 0.25) is 0 Å². The molecule has 3 aromatic rings. The van der Waals surface area contributed by atoms with E-state index in [1.54, 1.807) is 6.20 Å². The minimum Gasteiger partial charge on any atom is -0.369 e. The molecular formula is C14H13N5O. The summed E-state index contributed by atoms with van der Waals surface area (Å²) in [5.74, 6) is 0.481.